The Balaban J connectivity index is 1.60. The molecule has 0 saturated carbocycles. The fraction of sp³-hybridized carbons (Fsp3) is 0.440. The van der Waals surface area contributed by atoms with Gasteiger partial charge in [0.1, 0.15) is 4.21 Å². The monoisotopic (exact) mass is 485 g/mol. The number of hydrogen-bond acceptors (Lipinski definition) is 5. The summed E-state index contributed by atoms with van der Waals surface area (Å²) in [5.41, 5.74) is 2.69. The molecule has 3 unspecified atom stereocenters. The second kappa shape index (κ2) is 11.1. The molecule has 6 nitrogen and oxygen atoms in total. The van der Waals surface area contributed by atoms with Gasteiger partial charge in [-0.05, 0) is 66.2 Å². The Morgan fingerprint density at radius 2 is 1.97 bits per heavy atom. The molecule has 1 heterocycles. The van der Waals surface area contributed by atoms with Crippen LogP contribution in [0.4, 0.5) is 0 Å². The van der Waals surface area contributed by atoms with Crippen LogP contribution < -0.4 is 10.0 Å². The minimum absolute atomic E-state index is 0.00327. The van der Waals surface area contributed by atoms with E-state index in [1.807, 2.05) is 19.1 Å². The maximum atomic E-state index is 12.6. The van der Waals surface area contributed by atoms with Gasteiger partial charge < -0.3 is 5.32 Å². The van der Waals surface area contributed by atoms with E-state index in [2.05, 4.69) is 36.0 Å². The maximum Gasteiger partial charge on any atom is 0.250 e. The fourth-order valence-electron chi connectivity index (χ4n) is 4.39. The number of sulfonamides is 1. The van der Waals surface area contributed by atoms with Crippen molar-refractivity contribution >= 4 is 27.3 Å². The first-order chi connectivity index (χ1) is 15.7. The summed E-state index contributed by atoms with van der Waals surface area (Å²) in [6.45, 7) is 7.14. The summed E-state index contributed by atoms with van der Waals surface area (Å²) in [7, 11) is -3.50. The average molecular weight is 486 g/mol. The molecule has 3 atom stereocenters. The van der Waals surface area contributed by atoms with Crippen LogP contribution in [0.25, 0.3) is 0 Å². The number of allylic oxidation sites excluding steroid dienone is 1. The molecule has 0 radical (unpaired) electrons. The molecule has 33 heavy (non-hydrogen) atoms. The summed E-state index contributed by atoms with van der Waals surface area (Å²) in [6, 6.07) is 12.6. The molecule has 1 aromatic heterocycles. The lowest BCUT2D eigenvalue weighted by molar-refractivity contribution is -0.122. The van der Waals surface area contributed by atoms with Gasteiger partial charge in [-0.3, -0.25) is 4.79 Å². The summed E-state index contributed by atoms with van der Waals surface area (Å²) >= 11 is 1.21. The summed E-state index contributed by atoms with van der Waals surface area (Å²) in [4.78, 5) is 12.6. The molecule has 0 bridgehead atoms. The largest absolute Gasteiger partial charge is 0.352 e. The normalized spacial score (nSPS) is 20.8. The molecule has 1 aliphatic carbocycles. The molecular formula is C25H31N3O3S2. The van der Waals surface area contributed by atoms with Crippen molar-refractivity contribution in [2.24, 2.45) is 23.7 Å². The van der Waals surface area contributed by atoms with Crippen LogP contribution in [0.1, 0.15) is 44.7 Å². The third-order valence-corrected chi connectivity index (χ3v) is 9.18. The van der Waals surface area contributed by atoms with E-state index in [0.717, 1.165) is 17.6 Å². The van der Waals surface area contributed by atoms with Crippen LogP contribution in [0.2, 0.25) is 0 Å². The van der Waals surface area contributed by atoms with Gasteiger partial charge in [0.15, 0.2) is 0 Å². The van der Waals surface area contributed by atoms with Crippen molar-refractivity contribution in [2.45, 2.75) is 44.4 Å². The average Bonchev–Trinajstić information content (AvgIpc) is 3.34. The molecule has 8 heteroatoms. The Hall–Kier alpha value is -2.47. The summed E-state index contributed by atoms with van der Waals surface area (Å²) in [5.74, 6) is 0.892. The van der Waals surface area contributed by atoms with Gasteiger partial charge in [-0.25, -0.2) is 13.1 Å². The van der Waals surface area contributed by atoms with Gasteiger partial charge in [-0.15, -0.1) is 11.3 Å². The van der Waals surface area contributed by atoms with Crippen LogP contribution in [0.3, 0.4) is 0 Å². The number of hydrogen-bond donors (Lipinski definition) is 2. The van der Waals surface area contributed by atoms with Gasteiger partial charge in [0, 0.05) is 19.5 Å². The second-order valence-electron chi connectivity index (χ2n) is 8.99. The molecule has 1 aliphatic rings. The topological polar surface area (TPSA) is 99.1 Å². The van der Waals surface area contributed by atoms with Crippen LogP contribution in [-0.2, 0) is 21.4 Å². The molecule has 1 amide bonds. The molecular weight excluding hydrogens is 454 g/mol. The maximum absolute atomic E-state index is 12.6. The Morgan fingerprint density at radius 1 is 1.24 bits per heavy atom. The molecule has 0 aliphatic heterocycles. The second-order valence-corrected chi connectivity index (χ2v) is 11.9. The molecule has 0 spiro atoms. The van der Waals surface area contributed by atoms with E-state index in [0.29, 0.717) is 35.2 Å². The fourth-order valence-corrected chi connectivity index (χ4v) is 6.51. The summed E-state index contributed by atoms with van der Waals surface area (Å²) in [5, 5.41) is 13.6. The van der Waals surface area contributed by atoms with Gasteiger partial charge in [-0.1, -0.05) is 43.7 Å². The summed E-state index contributed by atoms with van der Waals surface area (Å²) in [6.07, 6.45) is 3.43. The van der Waals surface area contributed by atoms with Crippen molar-refractivity contribution in [3.63, 3.8) is 0 Å². The molecule has 0 fully saturated rings. The van der Waals surface area contributed by atoms with Crippen molar-refractivity contribution < 1.29 is 13.2 Å². The highest BCUT2D eigenvalue weighted by Crippen LogP contribution is 2.39. The standard InChI is InChI=1S/C25H31N3O3S2/c1-17(2)23-12-21(13-24(29)27-15-20-8-6-19(14-26)7-9-20)18(3)11-22(23)16-28-33(30,31)25-5-4-10-32-25/h4-11,17,21-23,28H,12-13,15-16H2,1-3H3,(H,27,29). The Bertz CT molecular complexity index is 1110. The molecule has 1 aromatic carbocycles. The minimum Gasteiger partial charge on any atom is -0.352 e. The van der Waals surface area contributed by atoms with Crippen molar-refractivity contribution in [1.82, 2.24) is 10.0 Å². The van der Waals surface area contributed by atoms with Gasteiger partial charge >= 0.3 is 0 Å². The SMILES string of the molecule is CC1=CC(CNS(=O)(=O)c2cccs2)C(C(C)C)CC1CC(=O)NCc1ccc(C#N)cc1. The van der Waals surface area contributed by atoms with E-state index in [-0.39, 0.29) is 23.7 Å². The van der Waals surface area contributed by atoms with Gasteiger partial charge in [-0.2, -0.15) is 5.26 Å². The van der Waals surface area contributed by atoms with Crippen LogP contribution in [0, 0.1) is 35.0 Å². The van der Waals surface area contributed by atoms with E-state index in [1.54, 1.807) is 29.6 Å². The first-order valence-electron chi connectivity index (χ1n) is 11.2. The van der Waals surface area contributed by atoms with Gasteiger partial charge in [0.05, 0.1) is 11.6 Å². The molecule has 2 aromatic rings. The van der Waals surface area contributed by atoms with E-state index in [9.17, 15) is 13.2 Å². The van der Waals surface area contributed by atoms with Gasteiger partial charge in [0.25, 0.3) is 0 Å². The molecule has 0 saturated heterocycles. The van der Waals surface area contributed by atoms with Crippen LogP contribution in [0.15, 0.2) is 57.6 Å². The molecule has 2 N–H and O–H groups in total. The first-order valence-corrected chi connectivity index (χ1v) is 13.5. The number of thiophene rings is 1. The number of nitrogens with one attached hydrogen (secondary N) is 2. The van der Waals surface area contributed by atoms with E-state index in [1.165, 1.54) is 11.3 Å². The third kappa shape index (κ3) is 6.76. The van der Waals surface area contributed by atoms with Crippen LogP contribution >= 0.6 is 11.3 Å². The predicted molar refractivity (Wildman–Crippen MR) is 131 cm³/mol. The Morgan fingerprint density at radius 3 is 2.58 bits per heavy atom. The highest BCUT2D eigenvalue weighted by Gasteiger charge is 2.33. The molecule has 3 rings (SSSR count). The number of nitriles is 1. The Kier molecular flexibility index (Phi) is 8.46. The zero-order valence-electron chi connectivity index (χ0n) is 19.2. The number of nitrogens with zero attached hydrogens (tertiary/aromatic N) is 1. The lowest BCUT2D eigenvalue weighted by atomic mass is 9.70. The number of rotatable bonds is 9. The van der Waals surface area contributed by atoms with Crippen molar-refractivity contribution in [3.05, 3.63) is 64.6 Å². The summed E-state index contributed by atoms with van der Waals surface area (Å²) < 4.78 is 28.2. The number of benzene rings is 1. The van der Waals surface area contributed by atoms with Crippen LogP contribution in [-0.4, -0.2) is 20.9 Å². The first kappa shape index (κ1) is 25.2. The number of carbonyl (C=O) groups is 1. The number of carbonyl (C=O) groups excluding carboxylic acids is 1. The third-order valence-electron chi connectivity index (χ3n) is 6.36. The predicted octanol–water partition coefficient (Wildman–Crippen LogP) is 4.46. The van der Waals surface area contributed by atoms with E-state index in [4.69, 9.17) is 5.26 Å². The van der Waals surface area contributed by atoms with Crippen LogP contribution in [0.5, 0.6) is 0 Å². The minimum atomic E-state index is -3.50. The van der Waals surface area contributed by atoms with E-state index >= 15 is 0 Å². The lowest BCUT2D eigenvalue weighted by Crippen LogP contribution is -2.37. The highest BCUT2D eigenvalue weighted by molar-refractivity contribution is 7.91. The zero-order valence-corrected chi connectivity index (χ0v) is 20.9. The zero-order chi connectivity index (χ0) is 24.0. The van der Waals surface area contributed by atoms with Crippen molar-refractivity contribution in [1.29, 1.82) is 5.26 Å². The van der Waals surface area contributed by atoms with E-state index < -0.39 is 10.0 Å². The molecule has 176 valence electrons. The quantitative estimate of drug-likeness (QED) is 0.512. The lowest BCUT2D eigenvalue weighted by Gasteiger charge is -2.37. The number of amides is 1. The Labute approximate surface area is 200 Å². The smallest absolute Gasteiger partial charge is 0.250 e. The van der Waals surface area contributed by atoms with Gasteiger partial charge in [0.2, 0.25) is 15.9 Å². The van der Waals surface area contributed by atoms with Crippen molar-refractivity contribution in [3.8, 4) is 6.07 Å². The van der Waals surface area contributed by atoms with Crippen molar-refractivity contribution in [2.75, 3.05) is 6.54 Å². The highest BCUT2D eigenvalue weighted by atomic mass is 32.2.